The Morgan fingerprint density at radius 3 is 1.89 bits per heavy atom. The molecule has 0 aliphatic heterocycles. The monoisotopic (exact) mass is 547 g/mol. The van der Waals surface area contributed by atoms with Gasteiger partial charge in [-0.25, -0.2) is 18.0 Å². The predicted octanol–water partition coefficient (Wildman–Crippen LogP) is 3.46. The minimum atomic E-state index is -4.41. The van der Waals surface area contributed by atoms with Gasteiger partial charge in [-0.3, -0.25) is 4.18 Å². The lowest BCUT2D eigenvalue weighted by molar-refractivity contribution is -0.136. The summed E-state index contributed by atoms with van der Waals surface area (Å²) < 4.78 is 41.8. The third-order valence-electron chi connectivity index (χ3n) is 4.79. The molecule has 1 atom stereocenters. The third-order valence-corrected chi connectivity index (χ3v) is 6.41. The molecule has 0 heterocycles. The van der Waals surface area contributed by atoms with E-state index in [2.05, 4.69) is 22.0 Å². The number of rotatable bonds is 9. The molecule has 198 valence electrons. The highest BCUT2D eigenvalue weighted by molar-refractivity contribution is 7.95. The zero-order chi connectivity index (χ0) is 27.3. The van der Waals surface area contributed by atoms with E-state index in [4.69, 9.17) is 9.47 Å². The van der Waals surface area contributed by atoms with Gasteiger partial charge < -0.3 is 19.3 Å². The van der Waals surface area contributed by atoms with Gasteiger partial charge in [0.05, 0.1) is 7.11 Å². The summed E-state index contributed by atoms with van der Waals surface area (Å²) in [6, 6.07) is 25.4. The van der Waals surface area contributed by atoms with Crippen molar-refractivity contribution < 1.29 is 36.2 Å². The summed E-state index contributed by atoms with van der Waals surface area (Å²) in [4.78, 5) is 26.4. The van der Waals surface area contributed by atoms with E-state index in [0.29, 0.717) is 12.2 Å². The quantitative estimate of drug-likeness (QED) is 0.142. The molecule has 0 saturated heterocycles. The Morgan fingerprint density at radius 2 is 1.41 bits per heavy atom. The highest BCUT2D eigenvalue weighted by Crippen LogP contribution is 2.17. The number of hydrogen-bond acceptors (Lipinski definition) is 8. The van der Waals surface area contributed by atoms with Gasteiger partial charge in [-0.15, -0.1) is 0 Å². The number of esters is 1. The number of carbonyl (C=O) groups is 2. The summed E-state index contributed by atoms with van der Waals surface area (Å²) in [5.74, 6) is -0.100. The molecule has 0 bridgehead atoms. The number of carbonyl (C=O) groups excluding carboxylic acids is 2. The molecule has 0 radical (unpaired) electrons. The van der Waals surface area contributed by atoms with Crippen LogP contribution in [0.1, 0.15) is 11.1 Å². The van der Waals surface area contributed by atoms with Crippen molar-refractivity contribution >= 4 is 33.4 Å². The molecule has 9 nitrogen and oxygen atoms in total. The van der Waals surface area contributed by atoms with E-state index < -0.39 is 28.5 Å². The zero-order valence-corrected chi connectivity index (χ0v) is 22.3. The first-order valence-corrected chi connectivity index (χ1v) is 14.4. The van der Waals surface area contributed by atoms with Gasteiger partial charge in [-0.05, 0) is 35.4 Å². The molecule has 0 aliphatic rings. The van der Waals surface area contributed by atoms with Gasteiger partial charge in [0.25, 0.3) is 0 Å². The first kappa shape index (κ1) is 29.8. The zero-order valence-electron chi connectivity index (χ0n) is 20.7. The molecule has 0 aliphatic carbocycles. The van der Waals surface area contributed by atoms with E-state index in [-0.39, 0.29) is 17.5 Å². The molecule has 3 aromatic carbocycles. The minimum Gasteiger partial charge on any atom is -0.726 e. The minimum absolute atomic E-state index is 0.122. The van der Waals surface area contributed by atoms with Crippen molar-refractivity contribution in [1.29, 1.82) is 0 Å². The second-order valence-corrected chi connectivity index (χ2v) is 11.0. The summed E-state index contributed by atoms with van der Waals surface area (Å²) in [6.45, 7) is 0.122. The van der Waals surface area contributed by atoms with E-state index in [1.165, 1.54) is 4.90 Å². The molecule has 0 saturated carbocycles. The molecule has 0 spiro atoms. The largest absolute Gasteiger partial charge is 0.726 e. The van der Waals surface area contributed by atoms with Crippen LogP contribution in [0.5, 0.6) is 5.75 Å². The Kier molecular flexibility index (Phi) is 12.1. The van der Waals surface area contributed by atoms with Crippen molar-refractivity contribution in [3.63, 3.8) is 0 Å². The van der Waals surface area contributed by atoms with Gasteiger partial charge >= 0.3 is 12.1 Å². The number of nitrogens with one attached hydrogen (secondary N) is 1. The lowest BCUT2D eigenvalue weighted by Crippen LogP contribution is -2.44. The fraction of sp³-hybridized carbons (Fsp3) is 0.231. The van der Waals surface area contributed by atoms with Crippen molar-refractivity contribution in [2.45, 2.75) is 24.0 Å². The molecule has 3 rings (SSSR count). The van der Waals surface area contributed by atoms with Crippen LogP contribution in [0.2, 0.25) is 0 Å². The first-order valence-electron chi connectivity index (χ1n) is 11.0. The van der Waals surface area contributed by atoms with Crippen molar-refractivity contribution in [1.82, 2.24) is 5.32 Å². The summed E-state index contributed by atoms with van der Waals surface area (Å²) in [5.41, 5.74) is 1.77. The Morgan fingerprint density at radius 1 is 0.892 bits per heavy atom. The number of ether oxygens (including phenoxy) is 2. The van der Waals surface area contributed by atoms with Crippen molar-refractivity contribution in [2.24, 2.45) is 0 Å². The maximum atomic E-state index is 12.9. The van der Waals surface area contributed by atoms with Crippen LogP contribution in [0.3, 0.4) is 0 Å². The van der Waals surface area contributed by atoms with Crippen LogP contribution in [0.4, 0.5) is 4.79 Å². The van der Waals surface area contributed by atoms with Gasteiger partial charge in [0.1, 0.15) is 30.9 Å². The van der Waals surface area contributed by atoms with Crippen LogP contribution in [0.15, 0.2) is 89.8 Å². The fourth-order valence-corrected chi connectivity index (χ4v) is 3.60. The summed E-state index contributed by atoms with van der Waals surface area (Å²) in [7, 11) is -3.48. The van der Waals surface area contributed by atoms with Crippen molar-refractivity contribution in [3.8, 4) is 5.75 Å². The molecule has 3 aromatic rings. The second kappa shape index (κ2) is 15.0. The standard InChI is InChI=1S/C25H25NO4S.CH4O4S/c1-31(2)22-15-13-21(14-16-22)30-24(27)23(17-19-9-5-3-6-10-19)26-25(28)29-18-20-11-7-4-8-12-20;1-5-6(2,3)4/h3-16,23H,17-18H2,1-2H3;1H3,(H,2,3,4). The van der Waals surface area contributed by atoms with E-state index in [1.54, 1.807) is 12.1 Å². The number of amides is 1. The maximum absolute atomic E-state index is 12.9. The van der Waals surface area contributed by atoms with E-state index in [1.807, 2.05) is 72.8 Å². The molecule has 1 amide bonds. The molecule has 11 heteroatoms. The number of benzene rings is 3. The van der Waals surface area contributed by atoms with Crippen LogP contribution >= 0.6 is 0 Å². The van der Waals surface area contributed by atoms with Crippen LogP contribution in [-0.4, -0.2) is 50.7 Å². The molecule has 0 fully saturated rings. The fourth-order valence-electron chi connectivity index (χ4n) is 2.92. The van der Waals surface area contributed by atoms with Crippen molar-refractivity contribution in [3.05, 3.63) is 96.1 Å². The van der Waals surface area contributed by atoms with E-state index in [9.17, 15) is 22.6 Å². The van der Waals surface area contributed by atoms with Crippen LogP contribution < -0.4 is 10.1 Å². The molecular weight excluding hydrogens is 518 g/mol. The van der Waals surface area contributed by atoms with Crippen molar-refractivity contribution in [2.75, 3.05) is 19.6 Å². The smallest absolute Gasteiger partial charge is 0.408 e. The Bertz CT molecular complexity index is 1220. The Hall–Kier alpha value is -3.38. The highest BCUT2D eigenvalue weighted by atomic mass is 32.3. The second-order valence-electron chi connectivity index (χ2n) is 7.73. The average molecular weight is 548 g/mol. The first-order chi connectivity index (χ1) is 17.6. The number of alkyl carbamates (subject to hydrolysis) is 1. The normalized spacial score (nSPS) is 11.6. The SMILES string of the molecule is COS(=O)(=O)[O-].C[S+](C)c1ccc(OC(=O)C(Cc2ccccc2)NC(=O)OCc2ccccc2)cc1. The third kappa shape index (κ3) is 11.9. The van der Waals surface area contributed by atoms with Gasteiger partial charge in [0.2, 0.25) is 10.4 Å². The molecule has 37 heavy (non-hydrogen) atoms. The Labute approximate surface area is 220 Å². The molecule has 1 N–H and O–H groups in total. The Balaban J connectivity index is 0.000000717. The lowest BCUT2D eigenvalue weighted by atomic mass is 10.1. The van der Waals surface area contributed by atoms with Gasteiger partial charge in [-0.2, -0.15) is 0 Å². The summed E-state index contributed by atoms with van der Waals surface area (Å²) >= 11 is 0. The highest BCUT2D eigenvalue weighted by Gasteiger charge is 2.24. The van der Waals surface area contributed by atoms with Gasteiger partial charge in [0.15, 0.2) is 4.90 Å². The topological polar surface area (TPSA) is 131 Å². The van der Waals surface area contributed by atoms with Crippen LogP contribution in [-0.2, 0) is 48.0 Å². The summed E-state index contributed by atoms with van der Waals surface area (Å²) in [5, 5.41) is 2.65. The summed E-state index contributed by atoms with van der Waals surface area (Å²) in [6.07, 6.45) is 3.88. The maximum Gasteiger partial charge on any atom is 0.408 e. The predicted molar refractivity (Wildman–Crippen MR) is 140 cm³/mol. The molecular formula is C26H29NO8S2. The van der Waals surface area contributed by atoms with Gasteiger partial charge in [0, 0.05) is 17.3 Å². The molecule has 1 unspecified atom stereocenters. The van der Waals surface area contributed by atoms with Crippen LogP contribution in [0.25, 0.3) is 0 Å². The van der Waals surface area contributed by atoms with Gasteiger partial charge in [-0.1, -0.05) is 60.7 Å². The van der Waals surface area contributed by atoms with E-state index in [0.717, 1.165) is 18.2 Å². The molecule has 0 aromatic heterocycles. The lowest BCUT2D eigenvalue weighted by Gasteiger charge is -2.18. The van der Waals surface area contributed by atoms with E-state index >= 15 is 0 Å². The number of hydrogen-bond donors (Lipinski definition) is 1. The average Bonchev–Trinajstić information content (AvgIpc) is 2.88. The van der Waals surface area contributed by atoms with Crippen LogP contribution in [0, 0.1) is 0 Å².